The zero-order chi connectivity index (χ0) is 18.8. The molecule has 0 N–H and O–H groups in total. The van der Waals surface area contributed by atoms with Crippen molar-refractivity contribution in [2.45, 2.75) is 18.9 Å². The Balaban J connectivity index is 1.49. The van der Waals surface area contributed by atoms with Gasteiger partial charge in [0.15, 0.2) is 22.9 Å². The normalized spacial score (nSPS) is 17.1. The first kappa shape index (κ1) is 17.3. The summed E-state index contributed by atoms with van der Waals surface area (Å²) in [6, 6.07) is 7.32. The van der Waals surface area contributed by atoms with Crippen molar-refractivity contribution in [2.24, 2.45) is 0 Å². The molecular weight excluding hydrogens is 353 g/mol. The van der Waals surface area contributed by atoms with Crippen molar-refractivity contribution in [3.8, 4) is 11.8 Å². The molecular formula is C19H18FN3O4. The number of amides is 1. The predicted octanol–water partition coefficient (Wildman–Crippen LogP) is 3.05. The first-order chi connectivity index (χ1) is 13.1. The molecule has 0 radical (unpaired) electrons. The molecule has 1 amide bonds. The monoisotopic (exact) mass is 371 g/mol. The van der Waals surface area contributed by atoms with Gasteiger partial charge in [-0.2, -0.15) is 0 Å². The van der Waals surface area contributed by atoms with Gasteiger partial charge >= 0.3 is 6.01 Å². The standard InChI is InChI=1S/C19H18FN3O4/c1-25-15-6-2-4-12-8-16(27-17(12)15)18(24)23-7-3-5-14(11-23)26-19-21-9-13(20)10-22-19/h2,4,6,8-10,14H,3,5,7,11H2,1H3. The summed E-state index contributed by atoms with van der Waals surface area (Å²) in [5.41, 5.74) is 0.549. The number of likely N-dealkylation sites (tertiary alicyclic amines) is 1. The summed E-state index contributed by atoms with van der Waals surface area (Å²) in [4.78, 5) is 22.2. The second-order valence-corrected chi connectivity index (χ2v) is 6.31. The van der Waals surface area contributed by atoms with Crippen LogP contribution in [-0.4, -0.2) is 47.1 Å². The van der Waals surface area contributed by atoms with Crippen molar-refractivity contribution >= 4 is 16.9 Å². The van der Waals surface area contributed by atoms with Gasteiger partial charge in [-0.3, -0.25) is 4.79 Å². The average Bonchev–Trinajstić information content (AvgIpc) is 3.14. The maximum atomic E-state index is 12.9. The molecule has 8 heteroatoms. The Labute approximate surface area is 154 Å². The maximum Gasteiger partial charge on any atom is 0.316 e. The lowest BCUT2D eigenvalue weighted by molar-refractivity contribution is 0.0490. The number of para-hydroxylation sites is 1. The molecule has 3 aromatic rings. The van der Waals surface area contributed by atoms with Crippen LogP contribution in [0.5, 0.6) is 11.8 Å². The van der Waals surface area contributed by atoms with Crippen molar-refractivity contribution in [3.05, 3.63) is 48.2 Å². The van der Waals surface area contributed by atoms with Crippen molar-refractivity contribution in [1.29, 1.82) is 0 Å². The molecule has 7 nitrogen and oxygen atoms in total. The molecule has 1 unspecified atom stereocenters. The fourth-order valence-corrected chi connectivity index (χ4v) is 3.19. The average molecular weight is 371 g/mol. The number of carbonyl (C=O) groups excluding carboxylic acids is 1. The van der Waals surface area contributed by atoms with Gasteiger partial charge in [-0.1, -0.05) is 12.1 Å². The van der Waals surface area contributed by atoms with Crippen LogP contribution in [0.15, 0.2) is 41.1 Å². The molecule has 3 heterocycles. The minimum Gasteiger partial charge on any atom is -0.493 e. The summed E-state index contributed by atoms with van der Waals surface area (Å²) < 4.78 is 29.6. The third-order valence-electron chi connectivity index (χ3n) is 4.47. The molecule has 4 rings (SSSR count). The Morgan fingerprint density at radius 1 is 1.33 bits per heavy atom. The second-order valence-electron chi connectivity index (χ2n) is 6.31. The van der Waals surface area contributed by atoms with Crippen LogP contribution in [0.3, 0.4) is 0 Å². The van der Waals surface area contributed by atoms with E-state index in [0.29, 0.717) is 24.4 Å². The maximum absolute atomic E-state index is 12.9. The number of aromatic nitrogens is 2. The highest BCUT2D eigenvalue weighted by atomic mass is 19.1. The number of furan rings is 1. The fraction of sp³-hybridized carbons (Fsp3) is 0.316. The number of hydrogen-bond donors (Lipinski definition) is 0. The lowest BCUT2D eigenvalue weighted by Gasteiger charge is -2.31. The number of fused-ring (bicyclic) bond motifs is 1. The summed E-state index contributed by atoms with van der Waals surface area (Å²) in [6.07, 6.45) is 3.39. The summed E-state index contributed by atoms with van der Waals surface area (Å²) in [7, 11) is 1.56. The molecule has 27 heavy (non-hydrogen) atoms. The van der Waals surface area contributed by atoms with Crippen LogP contribution in [-0.2, 0) is 0 Å². The van der Waals surface area contributed by atoms with Gasteiger partial charge in [-0.15, -0.1) is 0 Å². The van der Waals surface area contributed by atoms with E-state index in [4.69, 9.17) is 13.9 Å². The van der Waals surface area contributed by atoms with E-state index in [1.807, 2.05) is 12.1 Å². The number of benzene rings is 1. The number of nitrogens with zero attached hydrogens (tertiary/aromatic N) is 3. The second kappa shape index (κ2) is 7.22. The van der Waals surface area contributed by atoms with Crippen LogP contribution in [0.4, 0.5) is 4.39 Å². The molecule has 1 aliphatic rings. The number of hydrogen-bond acceptors (Lipinski definition) is 6. The quantitative estimate of drug-likeness (QED) is 0.701. The Kier molecular flexibility index (Phi) is 4.62. The van der Waals surface area contributed by atoms with Crippen molar-refractivity contribution < 1.29 is 23.1 Å². The molecule has 0 aliphatic carbocycles. The van der Waals surface area contributed by atoms with Gasteiger partial charge in [0.2, 0.25) is 0 Å². The molecule has 2 aromatic heterocycles. The topological polar surface area (TPSA) is 77.7 Å². The van der Waals surface area contributed by atoms with E-state index in [-0.39, 0.29) is 23.8 Å². The predicted molar refractivity (Wildman–Crippen MR) is 94.3 cm³/mol. The Bertz CT molecular complexity index is 957. The Hall–Kier alpha value is -3.16. The molecule has 0 spiro atoms. The van der Waals surface area contributed by atoms with E-state index in [2.05, 4.69) is 9.97 Å². The third-order valence-corrected chi connectivity index (χ3v) is 4.47. The molecule has 140 valence electrons. The minimum atomic E-state index is -0.525. The van der Waals surface area contributed by atoms with Crippen LogP contribution >= 0.6 is 0 Å². The van der Waals surface area contributed by atoms with Gasteiger partial charge in [-0.25, -0.2) is 14.4 Å². The largest absolute Gasteiger partial charge is 0.493 e. The van der Waals surface area contributed by atoms with E-state index >= 15 is 0 Å². The van der Waals surface area contributed by atoms with E-state index < -0.39 is 5.82 Å². The van der Waals surface area contributed by atoms with E-state index in [9.17, 15) is 9.18 Å². The number of halogens is 1. The molecule has 1 aliphatic heterocycles. The lowest BCUT2D eigenvalue weighted by Crippen LogP contribution is -2.44. The molecule has 1 saturated heterocycles. The SMILES string of the molecule is COc1cccc2cc(C(=O)N3CCCC(Oc4ncc(F)cn4)C3)oc12. The van der Waals surface area contributed by atoms with Gasteiger partial charge in [0.1, 0.15) is 6.10 Å². The van der Waals surface area contributed by atoms with E-state index in [0.717, 1.165) is 30.6 Å². The van der Waals surface area contributed by atoms with Crippen LogP contribution in [0.1, 0.15) is 23.4 Å². The van der Waals surface area contributed by atoms with E-state index in [1.54, 1.807) is 24.1 Å². The molecule has 1 fully saturated rings. The molecule has 1 aromatic carbocycles. The number of carbonyl (C=O) groups is 1. The van der Waals surface area contributed by atoms with Gasteiger partial charge in [0.25, 0.3) is 5.91 Å². The summed E-state index contributed by atoms with van der Waals surface area (Å²) in [5.74, 6) is 0.109. The van der Waals surface area contributed by atoms with Crippen LogP contribution in [0, 0.1) is 5.82 Å². The summed E-state index contributed by atoms with van der Waals surface area (Å²) in [5, 5.41) is 0.808. The Morgan fingerprint density at radius 2 is 2.15 bits per heavy atom. The number of rotatable bonds is 4. The number of ether oxygens (including phenoxy) is 2. The highest BCUT2D eigenvalue weighted by Crippen LogP contribution is 2.29. The van der Waals surface area contributed by atoms with Crippen molar-refractivity contribution in [3.63, 3.8) is 0 Å². The Morgan fingerprint density at radius 3 is 2.93 bits per heavy atom. The van der Waals surface area contributed by atoms with Crippen LogP contribution < -0.4 is 9.47 Å². The lowest BCUT2D eigenvalue weighted by atomic mass is 10.1. The fourth-order valence-electron chi connectivity index (χ4n) is 3.19. The van der Waals surface area contributed by atoms with E-state index in [1.165, 1.54) is 0 Å². The van der Waals surface area contributed by atoms with Crippen molar-refractivity contribution in [2.75, 3.05) is 20.2 Å². The number of methoxy groups -OCH3 is 1. The first-order valence-corrected chi connectivity index (χ1v) is 8.64. The van der Waals surface area contributed by atoms with Gasteiger partial charge in [0, 0.05) is 11.9 Å². The smallest absolute Gasteiger partial charge is 0.316 e. The first-order valence-electron chi connectivity index (χ1n) is 8.64. The third kappa shape index (κ3) is 3.55. The van der Waals surface area contributed by atoms with Crippen LogP contribution in [0.2, 0.25) is 0 Å². The van der Waals surface area contributed by atoms with Gasteiger partial charge in [-0.05, 0) is 25.0 Å². The zero-order valence-electron chi connectivity index (χ0n) is 14.7. The van der Waals surface area contributed by atoms with Gasteiger partial charge in [0.05, 0.1) is 26.0 Å². The molecule has 1 atom stereocenters. The molecule has 0 saturated carbocycles. The zero-order valence-corrected chi connectivity index (χ0v) is 14.7. The van der Waals surface area contributed by atoms with Crippen molar-refractivity contribution in [1.82, 2.24) is 14.9 Å². The van der Waals surface area contributed by atoms with Crippen LogP contribution in [0.25, 0.3) is 11.0 Å². The van der Waals surface area contributed by atoms with Gasteiger partial charge < -0.3 is 18.8 Å². The molecule has 0 bridgehead atoms. The highest BCUT2D eigenvalue weighted by molar-refractivity contribution is 5.97. The highest BCUT2D eigenvalue weighted by Gasteiger charge is 2.28. The minimum absolute atomic E-state index is 0.101. The summed E-state index contributed by atoms with van der Waals surface area (Å²) in [6.45, 7) is 0.991. The summed E-state index contributed by atoms with van der Waals surface area (Å²) >= 11 is 0. The number of piperidine rings is 1.